The maximum atomic E-state index is 10.9. The summed E-state index contributed by atoms with van der Waals surface area (Å²) in [5, 5.41) is 12.8. The van der Waals surface area contributed by atoms with Crippen LogP contribution in [0, 0.1) is 0 Å². The van der Waals surface area contributed by atoms with Crippen LogP contribution in [-0.4, -0.2) is 21.0 Å². The molecule has 2 heterocycles. The van der Waals surface area contributed by atoms with E-state index in [1.807, 2.05) is 23.8 Å². The quantitative estimate of drug-likeness (QED) is 0.886. The summed E-state index contributed by atoms with van der Waals surface area (Å²) in [6.45, 7) is 1.88. The van der Waals surface area contributed by atoms with Gasteiger partial charge in [0.05, 0.1) is 11.3 Å². The molecule has 0 saturated heterocycles. The highest BCUT2D eigenvalue weighted by Crippen LogP contribution is 2.19. The predicted octanol–water partition coefficient (Wildman–Crippen LogP) is 2.47. The molecule has 0 saturated carbocycles. The monoisotopic (exact) mass is 234 g/mol. The second-order valence-corrected chi connectivity index (χ2v) is 4.00. The van der Waals surface area contributed by atoms with Crippen LogP contribution in [0.1, 0.15) is 23.0 Å². The number of thiophene rings is 1. The Morgan fingerprint density at radius 2 is 2.38 bits per heavy atom. The molecule has 82 valence electrons. The second-order valence-electron chi connectivity index (χ2n) is 3.22. The van der Waals surface area contributed by atoms with Crippen LogP contribution in [-0.2, 0) is 6.42 Å². The van der Waals surface area contributed by atoms with E-state index in [0.717, 1.165) is 5.56 Å². The van der Waals surface area contributed by atoms with Gasteiger partial charge in [0.25, 0.3) is 0 Å². The Kier molecular flexibility index (Phi) is 2.96. The molecular weight excluding hydrogens is 224 g/mol. The summed E-state index contributed by atoms with van der Waals surface area (Å²) in [6, 6.07) is 1.92. The summed E-state index contributed by atoms with van der Waals surface area (Å²) in [7, 11) is 0. The molecule has 1 N–H and O–H groups in total. The van der Waals surface area contributed by atoms with E-state index in [-0.39, 0.29) is 5.56 Å². The minimum Gasteiger partial charge on any atom is -0.478 e. The molecule has 2 rings (SSSR count). The van der Waals surface area contributed by atoms with Crippen LogP contribution >= 0.6 is 11.3 Å². The summed E-state index contributed by atoms with van der Waals surface area (Å²) in [4.78, 5) is 19.2. The third kappa shape index (κ3) is 1.94. The first-order valence-corrected chi connectivity index (χ1v) is 5.78. The Morgan fingerprint density at radius 3 is 2.94 bits per heavy atom. The molecule has 0 radical (unpaired) electrons. The Hall–Kier alpha value is -1.75. The van der Waals surface area contributed by atoms with E-state index in [1.165, 1.54) is 6.20 Å². The van der Waals surface area contributed by atoms with Crippen molar-refractivity contribution >= 4 is 17.3 Å². The molecule has 16 heavy (non-hydrogen) atoms. The maximum Gasteiger partial charge on any atom is 0.339 e. The first kappa shape index (κ1) is 10.8. The van der Waals surface area contributed by atoms with Crippen molar-refractivity contribution in [3.8, 4) is 11.4 Å². The molecule has 5 heteroatoms. The van der Waals surface area contributed by atoms with Crippen LogP contribution in [0.5, 0.6) is 0 Å². The van der Waals surface area contributed by atoms with Crippen LogP contribution in [0.25, 0.3) is 11.4 Å². The van der Waals surface area contributed by atoms with Gasteiger partial charge in [-0.05, 0) is 17.9 Å². The van der Waals surface area contributed by atoms with Gasteiger partial charge in [0.2, 0.25) is 0 Å². The maximum absolute atomic E-state index is 10.9. The van der Waals surface area contributed by atoms with Crippen molar-refractivity contribution in [3.05, 3.63) is 34.3 Å². The second kappa shape index (κ2) is 4.40. The average molecular weight is 234 g/mol. The van der Waals surface area contributed by atoms with Gasteiger partial charge in [-0.2, -0.15) is 11.3 Å². The van der Waals surface area contributed by atoms with Gasteiger partial charge in [0.15, 0.2) is 5.82 Å². The number of carboxylic acids is 1. The molecule has 0 bridgehead atoms. The molecule has 0 aromatic carbocycles. The fraction of sp³-hybridized carbons (Fsp3) is 0.182. The van der Waals surface area contributed by atoms with E-state index in [2.05, 4.69) is 9.97 Å². The first-order valence-electron chi connectivity index (χ1n) is 4.84. The van der Waals surface area contributed by atoms with Crippen molar-refractivity contribution in [2.75, 3.05) is 0 Å². The highest BCUT2D eigenvalue weighted by molar-refractivity contribution is 7.08. The van der Waals surface area contributed by atoms with E-state index in [0.29, 0.717) is 17.9 Å². The Morgan fingerprint density at radius 1 is 1.56 bits per heavy atom. The van der Waals surface area contributed by atoms with Crippen LogP contribution in [0.4, 0.5) is 0 Å². The van der Waals surface area contributed by atoms with Crippen molar-refractivity contribution in [3.63, 3.8) is 0 Å². The first-order chi connectivity index (χ1) is 7.72. The SMILES string of the molecule is CCc1nc(-c2ccsc2)ncc1C(=O)O. The minimum absolute atomic E-state index is 0.182. The normalized spacial score (nSPS) is 10.3. The van der Waals surface area contributed by atoms with E-state index < -0.39 is 5.97 Å². The third-order valence-corrected chi connectivity index (χ3v) is 2.90. The fourth-order valence-electron chi connectivity index (χ4n) is 1.40. The van der Waals surface area contributed by atoms with Gasteiger partial charge >= 0.3 is 5.97 Å². The number of aromatic nitrogens is 2. The molecule has 0 spiro atoms. The van der Waals surface area contributed by atoms with Gasteiger partial charge in [-0.1, -0.05) is 6.92 Å². The third-order valence-electron chi connectivity index (χ3n) is 2.21. The van der Waals surface area contributed by atoms with E-state index in [1.54, 1.807) is 11.3 Å². The number of hydrogen-bond donors (Lipinski definition) is 1. The zero-order valence-corrected chi connectivity index (χ0v) is 9.49. The molecule has 0 aliphatic heterocycles. The van der Waals surface area contributed by atoms with Gasteiger partial charge in [-0.15, -0.1) is 0 Å². The largest absolute Gasteiger partial charge is 0.478 e. The summed E-state index contributed by atoms with van der Waals surface area (Å²) in [5.74, 6) is -0.392. The summed E-state index contributed by atoms with van der Waals surface area (Å²) in [6.07, 6.45) is 1.96. The number of aryl methyl sites for hydroxylation is 1. The molecule has 2 aromatic rings. The van der Waals surface area contributed by atoms with E-state index in [9.17, 15) is 4.79 Å². The van der Waals surface area contributed by atoms with Crippen LogP contribution < -0.4 is 0 Å². The highest BCUT2D eigenvalue weighted by atomic mass is 32.1. The number of carbonyl (C=O) groups is 1. The van der Waals surface area contributed by atoms with Crippen molar-refractivity contribution in [2.24, 2.45) is 0 Å². The zero-order valence-electron chi connectivity index (χ0n) is 8.67. The summed E-state index contributed by atoms with van der Waals surface area (Å²) >= 11 is 1.56. The minimum atomic E-state index is -0.978. The molecule has 2 aromatic heterocycles. The number of nitrogens with zero attached hydrogens (tertiary/aromatic N) is 2. The molecule has 0 fully saturated rings. The Labute approximate surface area is 96.6 Å². The number of carboxylic acid groups (broad SMARTS) is 1. The Bertz CT molecular complexity index is 509. The lowest BCUT2D eigenvalue weighted by atomic mass is 10.2. The lowest BCUT2D eigenvalue weighted by molar-refractivity contribution is 0.0694. The number of rotatable bonds is 3. The Balaban J connectivity index is 2.49. The average Bonchev–Trinajstić information content (AvgIpc) is 2.81. The fourth-order valence-corrected chi connectivity index (χ4v) is 2.03. The van der Waals surface area contributed by atoms with Crippen LogP contribution in [0.15, 0.2) is 23.0 Å². The molecule has 0 unspecified atom stereocenters. The van der Waals surface area contributed by atoms with E-state index >= 15 is 0 Å². The van der Waals surface area contributed by atoms with Gasteiger partial charge in [0, 0.05) is 17.1 Å². The molecule has 0 aliphatic rings. The summed E-state index contributed by atoms with van der Waals surface area (Å²) in [5.41, 5.74) is 1.68. The van der Waals surface area contributed by atoms with Crippen LogP contribution in [0.3, 0.4) is 0 Å². The molecule has 4 nitrogen and oxygen atoms in total. The zero-order chi connectivity index (χ0) is 11.5. The predicted molar refractivity (Wildman–Crippen MR) is 61.7 cm³/mol. The van der Waals surface area contributed by atoms with Gasteiger partial charge in [-0.25, -0.2) is 14.8 Å². The van der Waals surface area contributed by atoms with Crippen molar-refractivity contribution in [1.29, 1.82) is 0 Å². The van der Waals surface area contributed by atoms with Crippen molar-refractivity contribution < 1.29 is 9.90 Å². The standard InChI is InChI=1S/C11H10N2O2S/c1-2-9-8(11(14)15)5-12-10(13-9)7-3-4-16-6-7/h3-6H,2H2,1H3,(H,14,15). The van der Waals surface area contributed by atoms with Crippen LogP contribution in [0.2, 0.25) is 0 Å². The lowest BCUT2D eigenvalue weighted by Crippen LogP contribution is -2.06. The highest BCUT2D eigenvalue weighted by Gasteiger charge is 2.12. The molecule has 0 amide bonds. The summed E-state index contributed by atoms with van der Waals surface area (Å²) < 4.78 is 0. The molecular formula is C11H10N2O2S. The lowest BCUT2D eigenvalue weighted by Gasteiger charge is -2.03. The van der Waals surface area contributed by atoms with Gasteiger partial charge < -0.3 is 5.11 Å². The molecule has 0 aliphatic carbocycles. The van der Waals surface area contributed by atoms with Gasteiger partial charge in [-0.3, -0.25) is 0 Å². The number of hydrogen-bond acceptors (Lipinski definition) is 4. The molecule has 0 atom stereocenters. The van der Waals surface area contributed by atoms with Crippen molar-refractivity contribution in [2.45, 2.75) is 13.3 Å². The number of aromatic carboxylic acids is 1. The smallest absolute Gasteiger partial charge is 0.339 e. The topological polar surface area (TPSA) is 63.1 Å². The van der Waals surface area contributed by atoms with E-state index in [4.69, 9.17) is 5.11 Å². The van der Waals surface area contributed by atoms with Gasteiger partial charge in [0.1, 0.15) is 0 Å². The van der Waals surface area contributed by atoms with Crippen molar-refractivity contribution in [1.82, 2.24) is 9.97 Å².